The first-order valence-corrected chi connectivity index (χ1v) is 21.3. The molecule has 3 unspecified atom stereocenters. The molecular formula is C38H77N2O6P. The monoisotopic (exact) mass is 689 g/mol. The van der Waals surface area contributed by atoms with Gasteiger partial charge in [-0.15, -0.1) is 0 Å². The highest BCUT2D eigenvalue weighted by atomic mass is 31.2. The number of phosphoric acid groups is 1. The second kappa shape index (κ2) is 35.1. The summed E-state index contributed by atoms with van der Waals surface area (Å²) in [5, 5.41) is 13.6. The summed E-state index contributed by atoms with van der Waals surface area (Å²) in [5.74, 6) is -0.193. The number of phosphoric ester groups is 1. The van der Waals surface area contributed by atoms with Crippen molar-refractivity contribution >= 4 is 13.7 Å². The number of nitrogens with two attached hydrogens (primary N) is 1. The van der Waals surface area contributed by atoms with Crippen molar-refractivity contribution in [3.8, 4) is 0 Å². The summed E-state index contributed by atoms with van der Waals surface area (Å²) in [6.45, 7) is 4.13. The number of carbonyl (C=O) groups is 1. The molecule has 280 valence electrons. The zero-order chi connectivity index (χ0) is 34.7. The molecule has 0 saturated heterocycles. The number of carbonyl (C=O) groups excluding carboxylic acids is 1. The molecule has 0 heterocycles. The predicted octanol–water partition coefficient (Wildman–Crippen LogP) is 10.4. The number of aliphatic hydroxyl groups is 1. The molecule has 0 aromatic heterocycles. The van der Waals surface area contributed by atoms with E-state index < -0.39 is 20.0 Å². The van der Waals surface area contributed by atoms with E-state index in [2.05, 4.69) is 19.2 Å². The molecule has 8 nitrogen and oxygen atoms in total. The standard InChI is InChI=1S/C38H77N2O6P/c1-3-5-7-9-11-13-15-17-18-19-20-22-24-26-28-30-32-38(42)40-36(35-46-47(43,44)45-34-33-39)37(41)31-29-27-25-23-21-16-14-12-10-8-6-4-2/h29,31,36-37,41H,3-28,30,32-35,39H2,1-2H3,(H,40,42)(H,43,44)/b31-29+. The van der Waals surface area contributed by atoms with Crippen LogP contribution >= 0.6 is 7.82 Å². The van der Waals surface area contributed by atoms with E-state index in [0.29, 0.717) is 6.42 Å². The van der Waals surface area contributed by atoms with E-state index in [1.54, 1.807) is 6.08 Å². The molecule has 0 bridgehead atoms. The molecule has 0 rings (SSSR count). The molecule has 0 aliphatic carbocycles. The lowest BCUT2D eigenvalue weighted by atomic mass is 10.0. The summed E-state index contributed by atoms with van der Waals surface area (Å²) in [4.78, 5) is 22.6. The summed E-state index contributed by atoms with van der Waals surface area (Å²) in [6, 6.07) is -0.852. The van der Waals surface area contributed by atoms with Gasteiger partial charge in [-0.25, -0.2) is 4.57 Å². The van der Waals surface area contributed by atoms with Gasteiger partial charge < -0.3 is 21.1 Å². The summed E-state index contributed by atoms with van der Waals surface area (Å²) in [7, 11) is -4.33. The lowest BCUT2D eigenvalue weighted by Gasteiger charge is -2.23. The van der Waals surface area contributed by atoms with Gasteiger partial charge in [0.25, 0.3) is 0 Å². The smallest absolute Gasteiger partial charge is 0.387 e. The molecule has 1 amide bonds. The molecule has 0 aliphatic rings. The molecular weight excluding hydrogens is 611 g/mol. The van der Waals surface area contributed by atoms with E-state index in [1.807, 2.05) is 6.08 Å². The molecule has 9 heteroatoms. The highest BCUT2D eigenvalue weighted by Gasteiger charge is 2.26. The zero-order valence-electron chi connectivity index (χ0n) is 30.8. The Bertz CT molecular complexity index is 754. The van der Waals surface area contributed by atoms with Crippen LogP contribution in [0.1, 0.15) is 194 Å². The lowest BCUT2D eigenvalue weighted by molar-refractivity contribution is -0.123. The fourth-order valence-electron chi connectivity index (χ4n) is 5.84. The third-order valence-corrected chi connectivity index (χ3v) is 9.85. The van der Waals surface area contributed by atoms with Crippen molar-refractivity contribution in [3.63, 3.8) is 0 Å². The van der Waals surface area contributed by atoms with Crippen molar-refractivity contribution in [2.24, 2.45) is 5.73 Å². The first kappa shape index (κ1) is 46.2. The molecule has 3 atom stereocenters. The van der Waals surface area contributed by atoms with Crippen LogP contribution in [0, 0.1) is 0 Å². The van der Waals surface area contributed by atoms with Crippen LogP contribution in [0.3, 0.4) is 0 Å². The normalized spacial score (nSPS) is 14.4. The Labute approximate surface area is 290 Å². The van der Waals surface area contributed by atoms with Gasteiger partial charge in [0.05, 0.1) is 25.4 Å². The van der Waals surface area contributed by atoms with Gasteiger partial charge in [0.15, 0.2) is 0 Å². The summed E-state index contributed by atoms with van der Waals surface area (Å²) >= 11 is 0. The number of rotatable bonds is 37. The van der Waals surface area contributed by atoms with Gasteiger partial charge in [-0.05, 0) is 19.3 Å². The van der Waals surface area contributed by atoms with Crippen LogP contribution in [-0.2, 0) is 18.4 Å². The van der Waals surface area contributed by atoms with Crippen molar-refractivity contribution in [1.82, 2.24) is 5.32 Å². The second-order valence-corrected chi connectivity index (χ2v) is 15.0. The number of aliphatic hydroxyl groups excluding tert-OH is 1. The van der Waals surface area contributed by atoms with E-state index in [1.165, 1.54) is 135 Å². The van der Waals surface area contributed by atoms with Crippen LogP contribution in [0.15, 0.2) is 12.2 Å². The van der Waals surface area contributed by atoms with Crippen LogP contribution in [0.2, 0.25) is 0 Å². The molecule has 47 heavy (non-hydrogen) atoms. The first-order chi connectivity index (χ1) is 22.9. The van der Waals surface area contributed by atoms with Crippen LogP contribution in [-0.4, -0.2) is 47.8 Å². The highest BCUT2D eigenvalue weighted by Crippen LogP contribution is 2.43. The van der Waals surface area contributed by atoms with E-state index >= 15 is 0 Å². The van der Waals surface area contributed by atoms with Crippen molar-refractivity contribution in [2.75, 3.05) is 19.8 Å². The number of hydrogen-bond acceptors (Lipinski definition) is 6. The topological polar surface area (TPSA) is 131 Å². The van der Waals surface area contributed by atoms with Crippen LogP contribution < -0.4 is 11.1 Å². The third-order valence-electron chi connectivity index (χ3n) is 8.86. The van der Waals surface area contributed by atoms with E-state index in [4.69, 9.17) is 14.8 Å². The van der Waals surface area contributed by atoms with Gasteiger partial charge in [-0.3, -0.25) is 13.8 Å². The minimum absolute atomic E-state index is 0.0811. The van der Waals surface area contributed by atoms with E-state index in [0.717, 1.165) is 38.5 Å². The number of amides is 1. The Morgan fingerprint density at radius 3 is 1.51 bits per heavy atom. The maximum absolute atomic E-state index is 12.7. The Hall–Kier alpha value is -0.760. The molecule has 0 spiro atoms. The van der Waals surface area contributed by atoms with Gasteiger partial charge >= 0.3 is 7.82 Å². The van der Waals surface area contributed by atoms with Gasteiger partial charge in [0.1, 0.15) is 0 Å². The summed E-state index contributed by atoms with van der Waals surface area (Å²) in [5.41, 5.74) is 5.36. The SMILES string of the molecule is CCCCCCCCCCCC/C=C/C(O)C(COP(=O)(O)OCCN)NC(=O)CCCCCCCCCCCCCCCCCC. The van der Waals surface area contributed by atoms with E-state index in [-0.39, 0.29) is 25.7 Å². The molecule has 0 aliphatic heterocycles. The number of nitrogens with one attached hydrogen (secondary N) is 1. The average molecular weight is 689 g/mol. The van der Waals surface area contributed by atoms with Crippen LogP contribution in [0.4, 0.5) is 0 Å². The van der Waals surface area contributed by atoms with Gasteiger partial charge in [0, 0.05) is 13.0 Å². The van der Waals surface area contributed by atoms with Crippen LogP contribution in [0.5, 0.6) is 0 Å². The second-order valence-electron chi connectivity index (χ2n) is 13.5. The highest BCUT2D eigenvalue weighted by molar-refractivity contribution is 7.47. The summed E-state index contributed by atoms with van der Waals surface area (Å²) in [6.07, 6.45) is 36.8. The average Bonchev–Trinajstić information content (AvgIpc) is 3.05. The fraction of sp³-hybridized carbons (Fsp3) is 0.921. The summed E-state index contributed by atoms with van der Waals surface area (Å²) < 4.78 is 22.0. The number of hydrogen-bond donors (Lipinski definition) is 4. The zero-order valence-corrected chi connectivity index (χ0v) is 31.7. The minimum atomic E-state index is -4.33. The Kier molecular flexibility index (Phi) is 34.5. The number of unbranched alkanes of at least 4 members (excludes halogenated alkanes) is 25. The predicted molar refractivity (Wildman–Crippen MR) is 198 cm³/mol. The third kappa shape index (κ3) is 33.5. The quantitative estimate of drug-likeness (QED) is 0.0290. The fourth-order valence-corrected chi connectivity index (χ4v) is 6.60. The van der Waals surface area contributed by atoms with Crippen molar-refractivity contribution < 1.29 is 28.4 Å². The van der Waals surface area contributed by atoms with E-state index in [9.17, 15) is 19.4 Å². The van der Waals surface area contributed by atoms with Gasteiger partial charge in [-0.1, -0.05) is 180 Å². The Morgan fingerprint density at radius 2 is 1.09 bits per heavy atom. The van der Waals surface area contributed by atoms with Crippen molar-refractivity contribution in [1.29, 1.82) is 0 Å². The molecule has 0 aromatic rings. The van der Waals surface area contributed by atoms with Gasteiger partial charge in [0.2, 0.25) is 5.91 Å². The maximum atomic E-state index is 12.7. The largest absolute Gasteiger partial charge is 0.472 e. The number of allylic oxidation sites excluding steroid dienone is 1. The Balaban J connectivity index is 4.24. The molecule has 0 saturated carbocycles. The van der Waals surface area contributed by atoms with Crippen molar-refractivity contribution in [2.45, 2.75) is 206 Å². The maximum Gasteiger partial charge on any atom is 0.472 e. The molecule has 0 fully saturated rings. The lowest BCUT2D eigenvalue weighted by Crippen LogP contribution is -2.45. The Morgan fingerprint density at radius 1 is 0.681 bits per heavy atom. The molecule has 0 aromatic carbocycles. The van der Waals surface area contributed by atoms with Crippen molar-refractivity contribution in [3.05, 3.63) is 12.2 Å². The minimum Gasteiger partial charge on any atom is -0.387 e. The van der Waals surface area contributed by atoms with Gasteiger partial charge in [-0.2, -0.15) is 0 Å². The van der Waals surface area contributed by atoms with Crippen LogP contribution in [0.25, 0.3) is 0 Å². The first-order valence-electron chi connectivity index (χ1n) is 19.8. The molecule has 5 N–H and O–H groups in total. The molecule has 0 radical (unpaired) electrons.